The van der Waals surface area contributed by atoms with Crippen LogP contribution in [-0.2, 0) is 0 Å². The van der Waals surface area contributed by atoms with Gasteiger partial charge in [0.25, 0.3) is 0 Å². The summed E-state index contributed by atoms with van der Waals surface area (Å²) in [7, 11) is 0. The lowest BCUT2D eigenvalue weighted by Gasteiger charge is -2.20. The van der Waals surface area contributed by atoms with Crippen LogP contribution in [0.3, 0.4) is 0 Å². The molecule has 0 N–H and O–H groups in total. The quantitative estimate of drug-likeness (QED) is 0.718. The summed E-state index contributed by atoms with van der Waals surface area (Å²) in [6.07, 6.45) is 7.58. The third-order valence-electron chi connectivity index (χ3n) is 5.37. The van der Waals surface area contributed by atoms with Crippen LogP contribution < -0.4 is 4.74 Å². The number of benzene rings is 2. The van der Waals surface area contributed by atoms with Gasteiger partial charge in [-0.25, -0.2) is 0 Å². The van der Waals surface area contributed by atoms with Crippen LogP contribution >= 0.6 is 0 Å². The maximum Gasteiger partial charge on any atom is 0.170 e. The zero-order valence-corrected chi connectivity index (χ0v) is 15.1. The van der Waals surface area contributed by atoms with Gasteiger partial charge in [-0.3, -0.25) is 9.69 Å². The molecule has 1 aliphatic heterocycles. The average Bonchev–Trinajstić information content (AvgIpc) is 3.21. The lowest BCUT2D eigenvalue weighted by molar-refractivity contribution is 0.0959. The van der Waals surface area contributed by atoms with E-state index < -0.39 is 0 Å². The molecule has 2 aliphatic rings. The van der Waals surface area contributed by atoms with Crippen molar-refractivity contribution in [2.45, 2.75) is 25.2 Å². The molecule has 3 heteroatoms. The van der Waals surface area contributed by atoms with E-state index in [2.05, 4.69) is 29.2 Å². The third kappa shape index (κ3) is 3.73. The van der Waals surface area contributed by atoms with E-state index in [1.165, 1.54) is 25.9 Å². The Morgan fingerprint density at radius 1 is 1.04 bits per heavy atom. The van der Waals surface area contributed by atoms with Crippen molar-refractivity contribution in [3.8, 4) is 5.75 Å². The number of hydrogen-bond acceptors (Lipinski definition) is 3. The van der Waals surface area contributed by atoms with Crippen molar-refractivity contribution in [2.75, 3.05) is 26.2 Å². The Balaban J connectivity index is 1.39. The Labute approximate surface area is 155 Å². The SMILES string of the molecule is O=C(c1ccc(OCCN2CCCC2)cc1)C1CC=Cc2ccccc21. The van der Waals surface area contributed by atoms with Crippen LogP contribution in [0.2, 0.25) is 0 Å². The number of rotatable bonds is 6. The second-order valence-electron chi connectivity index (χ2n) is 7.11. The molecule has 0 aromatic heterocycles. The van der Waals surface area contributed by atoms with Gasteiger partial charge in [0.2, 0.25) is 0 Å². The second kappa shape index (κ2) is 7.88. The molecule has 1 fully saturated rings. The van der Waals surface area contributed by atoms with Crippen LogP contribution in [-0.4, -0.2) is 36.9 Å². The number of carbonyl (C=O) groups excluding carboxylic acids is 1. The van der Waals surface area contributed by atoms with E-state index in [0.717, 1.165) is 35.4 Å². The van der Waals surface area contributed by atoms with Crippen molar-refractivity contribution in [3.05, 3.63) is 71.3 Å². The lowest BCUT2D eigenvalue weighted by Crippen LogP contribution is -2.25. The zero-order valence-electron chi connectivity index (χ0n) is 15.1. The van der Waals surface area contributed by atoms with Gasteiger partial charge in [0, 0.05) is 12.1 Å². The van der Waals surface area contributed by atoms with Gasteiger partial charge in [-0.2, -0.15) is 0 Å². The Morgan fingerprint density at radius 3 is 2.62 bits per heavy atom. The number of ether oxygens (including phenoxy) is 1. The van der Waals surface area contributed by atoms with E-state index in [4.69, 9.17) is 4.74 Å². The van der Waals surface area contributed by atoms with E-state index in [1.807, 2.05) is 36.4 Å². The molecule has 2 aromatic carbocycles. The fourth-order valence-electron chi connectivity index (χ4n) is 3.90. The van der Waals surface area contributed by atoms with E-state index in [1.54, 1.807) is 0 Å². The summed E-state index contributed by atoms with van der Waals surface area (Å²) in [5.41, 5.74) is 3.04. The predicted octanol–water partition coefficient (Wildman–Crippen LogP) is 4.54. The summed E-state index contributed by atoms with van der Waals surface area (Å²) in [4.78, 5) is 15.4. The highest BCUT2D eigenvalue weighted by Gasteiger charge is 2.24. The number of likely N-dealkylation sites (tertiary alicyclic amines) is 1. The number of Topliss-reactive ketones (excluding diaryl/α,β-unsaturated/α-hetero) is 1. The van der Waals surface area contributed by atoms with Crippen molar-refractivity contribution in [2.24, 2.45) is 0 Å². The molecule has 1 heterocycles. The Morgan fingerprint density at radius 2 is 1.81 bits per heavy atom. The standard InChI is InChI=1S/C23H25NO2/c25-23(22-9-5-7-18-6-1-2-8-21(18)22)19-10-12-20(13-11-19)26-17-16-24-14-3-4-15-24/h1-2,5-8,10-13,22H,3-4,9,14-17H2. The zero-order chi connectivity index (χ0) is 17.8. The topological polar surface area (TPSA) is 29.5 Å². The Bertz CT molecular complexity index is 788. The number of fused-ring (bicyclic) bond motifs is 1. The average molecular weight is 347 g/mol. The molecule has 26 heavy (non-hydrogen) atoms. The molecule has 1 unspecified atom stereocenters. The monoisotopic (exact) mass is 347 g/mol. The minimum absolute atomic E-state index is 0.0851. The van der Waals surface area contributed by atoms with Gasteiger partial charge >= 0.3 is 0 Å². The number of nitrogens with zero attached hydrogens (tertiary/aromatic N) is 1. The summed E-state index contributed by atoms with van der Waals surface area (Å²) in [5, 5.41) is 0. The minimum Gasteiger partial charge on any atom is -0.492 e. The Hall–Kier alpha value is -2.39. The van der Waals surface area contributed by atoms with E-state index in [-0.39, 0.29) is 11.7 Å². The van der Waals surface area contributed by atoms with Gasteiger partial charge in [-0.05, 0) is 67.7 Å². The van der Waals surface area contributed by atoms with Gasteiger partial charge < -0.3 is 4.74 Å². The van der Waals surface area contributed by atoms with Gasteiger partial charge in [0.1, 0.15) is 12.4 Å². The molecule has 4 rings (SSSR count). The van der Waals surface area contributed by atoms with Gasteiger partial charge in [0.15, 0.2) is 5.78 Å². The molecule has 0 bridgehead atoms. The fourth-order valence-corrected chi connectivity index (χ4v) is 3.90. The molecule has 0 spiro atoms. The second-order valence-corrected chi connectivity index (χ2v) is 7.11. The molecule has 0 amide bonds. The van der Waals surface area contributed by atoms with Crippen molar-refractivity contribution in [1.29, 1.82) is 0 Å². The van der Waals surface area contributed by atoms with Gasteiger partial charge in [-0.15, -0.1) is 0 Å². The fraction of sp³-hybridized carbons (Fsp3) is 0.348. The molecular weight excluding hydrogens is 322 g/mol. The van der Waals surface area contributed by atoms with Crippen LogP contribution in [0, 0.1) is 0 Å². The van der Waals surface area contributed by atoms with Crippen LogP contribution in [0.1, 0.15) is 46.7 Å². The molecule has 1 saturated heterocycles. The van der Waals surface area contributed by atoms with Crippen LogP contribution in [0.15, 0.2) is 54.6 Å². The first kappa shape index (κ1) is 17.0. The summed E-state index contributed by atoms with van der Waals surface area (Å²) < 4.78 is 5.84. The molecular formula is C23H25NO2. The number of ketones is 1. The minimum atomic E-state index is -0.0851. The van der Waals surface area contributed by atoms with E-state index >= 15 is 0 Å². The molecule has 1 atom stereocenters. The highest BCUT2D eigenvalue weighted by molar-refractivity contribution is 6.02. The lowest BCUT2D eigenvalue weighted by atomic mass is 9.82. The van der Waals surface area contributed by atoms with Crippen molar-refractivity contribution in [1.82, 2.24) is 4.90 Å². The Kier molecular flexibility index (Phi) is 5.16. The van der Waals surface area contributed by atoms with Crippen LogP contribution in [0.5, 0.6) is 5.75 Å². The van der Waals surface area contributed by atoms with E-state index in [0.29, 0.717) is 6.61 Å². The van der Waals surface area contributed by atoms with E-state index in [9.17, 15) is 4.79 Å². The summed E-state index contributed by atoms with van der Waals surface area (Å²) in [6, 6.07) is 15.8. The number of carbonyl (C=O) groups is 1. The van der Waals surface area contributed by atoms with Gasteiger partial charge in [0.05, 0.1) is 5.92 Å². The van der Waals surface area contributed by atoms with Crippen molar-refractivity contribution >= 4 is 11.9 Å². The summed E-state index contributed by atoms with van der Waals surface area (Å²) >= 11 is 0. The van der Waals surface area contributed by atoms with Crippen LogP contribution in [0.25, 0.3) is 6.08 Å². The first-order valence-electron chi connectivity index (χ1n) is 9.56. The summed E-state index contributed by atoms with van der Waals surface area (Å²) in [5.74, 6) is 0.938. The van der Waals surface area contributed by atoms with Crippen LogP contribution in [0.4, 0.5) is 0 Å². The van der Waals surface area contributed by atoms with Crippen molar-refractivity contribution in [3.63, 3.8) is 0 Å². The first-order chi connectivity index (χ1) is 12.8. The molecule has 0 saturated carbocycles. The smallest absolute Gasteiger partial charge is 0.170 e. The third-order valence-corrected chi connectivity index (χ3v) is 5.37. The maximum absolute atomic E-state index is 13.0. The predicted molar refractivity (Wildman–Crippen MR) is 105 cm³/mol. The summed E-state index contributed by atoms with van der Waals surface area (Å²) in [6.45, 7) is 4.06. The first-order valence-corrected chi connectivity index (χ1v) is 9.56. The molecule has 1 aliphatic carbocycles. The largest absolute Gasteiger partial charge is 0.492 e. The highest BCUT2D eigenvalue weighted by Crippen LogP contribution is 2.32. The molecule has 134 valence electrons. The molecule has 0 radical (unpaired) electrons. The normalized spacial score (nSPS) is 19.3. The van der Waals surface area contributed by atoms with Gasteiger partial charge in [-0.1, -0.05) is 36.4 Å². The molecule has 3 nitrogen and oxygen atoms in total. The molecule has 2 aromatic rings. The van der Waals surface area contributed by atoms with Crippen molar-refractivity contribution < 1.29 is 9.53 Å². The number of allylic oxidation sites excluding steroid dienone is 1. The number of hydrogen-bond donors (Lipinski definition) is 0. The highest BCUT2D eigenvalue weighted by atomic mass is 16.5. The maximum atomic E-state index is 13.0.